The van der Waals surface area contributed by atoms with Crippen molar-refractivity contribution in [3.8, 4) is 5.88 Å². The third-order valence-corrected chi connectivity index (χ3v) is 3.29. The van der Waals surface area contributed by atoms with Crippen LogP contribution in [-0.4, -0.2) is 32.8 Å². The van der Waals surface area contributed by atoms with E-state index < -0.39 is 24.7 Å². The number of ether oxygens (including phenoxy) is 1. The van der Waals surface area contributed by atoms with Crippen molar-refractivity contribution in [1.82, 2.24) is 19.7 Å². The van der Waals surface area contributed by atoms with Gasteiger partial charge in [-0.15, -0.1) is 0 Å². The van der Waals surface area contributed by atoms with Crippen molar-refractivity contribution in [3.05, 3.63) is 47.3 Å². The predicted octanol–water partition coefficient (Wildman–Crippen LogP) is 3.31. The Morgan fingerprint density at radius 3 is 2.83 bits per heavy atom. The molecule has 0 saturated carbocycles. The zero-order valence-corrected chi connectivity index (χ0v) is 12.3. The van der Waals surface area contributed by atoms with E-state index in [1.165, 1.54) is 12.3 Å². The summed E-state index contributed by atoms with van der Waals surface area (Å²) >= 11 is 5.97. The van der Waals surface area contributed by atoms with Gasteiger partial charge in [-0.2, -0.15) is 5.10 Å². The van der Waals surface area contributed by atoms with Crippen molar-refractivity contribution in [2.45, 2.75) is 13.0 Å². The van der Waals surface area contributed by atoms with Gasteiger partial charge >= 0.3 is 0 Å². The lowest BCUT2D eigenvalue weighted by molar-refractivity contribution is 0.0773. The van der Waals surface area contributed by atoms with Gasteiger partial charge in [0.05, 0.1) is 17.4 Å². The summed E-state index contributed by atoms with van der Waals surface area (Å²) in [6, 6.07) is 2.87. The fraction of sp³-hybridized carbons (Fsp3) is 0.214. The molecule has 0 aromatic carbocycles. The van der Waals surface area contributed by atoms with E-state index in [1.807, 2.05) is 0 Å². The number of alkyl halides is 2. The Kier molecular flexibility index (Phi) is 4.33. The molecule has 0 unspecified atom stereocenters. The molecule has 3 heterocycles. The maximum absolute atomic E-state index is 13.8. The summed E-state index contributed by atoms with van der Waals surface area (Å²) in [6.07, 6.45) is 1.88. The molecule has 3 aromatic rings. The van der Waals surface area contributed by atoms with Crippen LogP contribution in [-0.2, 0) is 6.54 Å². The van der Waals surface area contributed by atoms with Gasteiger partial charge in [-0.1, -0.05) is 11.6 Å². The van der Waals surface area contributed by atoms with E-state index in [0.717, 1.165) is 0 Å². The number of halogens is 4. The Morgan fingerprint density at radius 1 is 1.30 bits per heavy atom. The number of hydrogen-bond acceptors (Lipinski definition) is 4. The van der Waals surface area contributed by atoms with Gasteiger partial charge < -0.3 is 4.74 Å². The van der Waals surface area contributed by atoms with Crippen LogP contribution in [0, 0.1) is 5.82 Å². The van der Waals surface area contributed by atoms with Crippen LogP contribution in [0.3, 0.4) is 0 Å². The molecule has 0 aliphatic heterocycles. The van der Waals surface area contributed by atoms with Crippen LogP contribution in [0.15, 0.2) is 30.7 Å². The quantitative estimate of drug-likeness (QED) is 0.667. The maximum Gasteiger partial charge on any atom is 0.272 e. The lowest BCUT2D eigenvalue weighted by Crippen LogP contribution is -2.10. The van der Waals surface area contributed by atoms with Crippen molar-refractivity contribution in [1.29, 1.82) is 0 Å². The van der Waals surface area contributed by atoms with E-state index in [4.69, 9.17) is 11.6 Å². The first-order valence-corrected chi connectivity index (χ1v) is 6.94. The van der Waals surface area contributed by atoms with E-state index in [9.17, 15) is 13.2 Å². The fourth-order valence-electron chi connectivity index (χ4n) is 2.03. The highest BCUT2D eigenvalue weighted by Gasteiger charge is 2.11. The lowest BCUT2D eigenvalue weighted by atomic mass is 10.3. The van der Waals surface area contributed by atoms with Gasteiger partial charge in [0, 0.05) is 18.6 Å². The first-order valence-electron chi connectivity index (χ1n) is 6.56. The molecule has 120 valence electrons. The first-order chi connectivity index (χ1) is 11.0. The van der Waals surface area contributed by atoms with Gasteiger partial charge in [0.25, 0.3) is 12.3 Å². The Balaban J connectivity index is 1.79. The van der Waals surface area contributed by atoms with E-state index in [-0.39, 0.29) is 6.54 Å². The topological polar surface area (TPSA) is 52.8 Å². The molecule has 3 rings (SSSR count). The highest BCUT2D eigenvalue weighted by Crippen LogP contribution is 2.21. The molecule has 5 nitrogen and oxygen atoms in total. The van der Waals surface area contributed by atoms with Crippen molar-refractivity contribution < 1.29 is 17.9 Å². The van der Waals surface area contributed by atoms with Gasteiger partial charge in [0.15, 0.2) is 12.4 Å². The minimum absolute atomic E-state index is 0.240. The van der Waals surface area contributed by atoms with E-state index in [1.54, 1.807) is 23.1 Å². The second-order valence-corrected chi connectivity index (χ2v) is 5.05. The predicted molar refractivity (Wildman–Crippen MR) is 77.3 cm³/mol. The Labute approximate surface area is 133 Å². The van der Waals surface area contributed by atoms with E-state index in [2.05, 4.69) is 19.8 Å². The molecular weight excluding hydrogens is 333 g/mol. The summed E-state index contributed by atoms with van der Waals surface area (Å²) in [4.78, 5) is 7.66. The standard InChI is InChI=1S/C14H10ClF3N4O/c15-13-9-6-22(21-11(9)1-2-19-13)5-8-3-10(16)14(20-4-8)23-7-12(17)18/h1-4,6,12H,5,7H2. The number of hydrogen-bond donors (Lipinski definition) is 0. The molecule has 0 atom stereocenters. The number of rotatable bonds is 5. The smallest absolute Gasteiger partial charge is 0.272 e. The van der Waals surface area contributed by atoms with Crippen molar-refractivity contribution in [2.75, 3.05) is 6.61 Å². The highest BCUT2D eigenvalue weighted by atomic mass is 35.5. The molecular formula is C14H10ClF3N4O. The average molecular weight is 343 g/mol. The summed E-state index contributed by atoms with van der Waals surface area (Å²) in [5.74, 6) is -1.26. The van der Waals surface area contributed by atoms with Crippen molar-refractivity contribution >= 4 is 22.5 Å². The van der Waals surface area contributed by atoms with Crippen molar-refractivity contribution in [2.24, 2.45) is 0 Å². The van der Waals surface area contributed by atoms with Gasteiger partial charge in [0.2, 0.25) is 0 Å². The molecule has 3 aromatic heterocycles. The van der Waals surface area contributed by atoms with Crippen LogP contribution in [0.4, 0.5) is 13.2 Å². The second kappa shape index (κ2) is 6.41. The number of aromatic nitrogens is 4. The molecule has 0 bridgehead atoms. The summed E-state index contributed by atoms with van der Waals surface area (Å²) < 4.78 is 44.0. The van der Waals surface area contributed by atoms with Crippen molar-refractivity contribution in [3.63, 3.8) is 0 Å². The zero-order valence-electron chi connectivity index (χ0n) is 11.6. The van der Waals surface area contributed by atoms with Crippen LogP contribution in [0.5, 0.6) is 5.88 Å². The lowest BCUT2D eigenvalue weighted by Gasteiger charge is -2.07. The van der Waals surface area contributed by atoms with Crippen LogP contribution >= 0.6 is 11.6 Å². The van der Waals surface area contributed by atoms with Crippen LogP contribution in [0.25, 0.3) is 10.9 Å². The largest absolute Gasteiger partial charge is 0.470 e. The van der Waals surface area contributed by atoms with Gasteiger partial charge in [-0.05, 0) is 17.7 Å². The number of pyridine rings is 2. The van der Waals surface area contributed by atoms with Crippen LogP contribution < -0.4 is 4.74 Å². The normalized spacial score (nSPS) is 11.3. The fourth-order valence-corrected chi connectivity index (χ4v) is 2.23. The molecule has 0 fully saturated rings. The average Bonchev–Trinajstić information content (AvgIpc) is 2.90. The first kappa shape index (κ1) is 15.5. The maximum atomic E-state index is 13.8. The van der Waals surface area contributed by atoms with E-state index in [0.29, 0.717) is 21.6 Å². The highest BCUT2D eigenvalue weighted by molar-refractivity contribution is 6.34. The van der Waals surface area contributed by atoms with Gasteiger partial charge in [0.1, 0.15) is 5.15 Å². The molecule has 0 aliphatic carbocycles. The van der Waals surface area contributed by atoms with E-state index >= 15 is 0 Å². The monoisotopic (exact) mass is 342 g/mol. The number of nitrogens with zero attached hydrogens (tertiary/aromatic N) is 4. The Morgan fingerprint density at radius 2 is 2.13 bits per heavy atom. The second-order valence-electron chi connectivity index (χ2n) is 4.69. The SMILES string of the molecule is Fc1cc(Cn2cc3c(Cl)nccc3n2)cnc1OCC(F)F. The number of fused-ring (bicyclic) bond motifs is 1. The molecule has 0 aliphatic rings. The third kappa shape index (κ3) is 3.53. The molecule has 0 N–H and O–H groups in total. The van der Waals surface area contributed by atoms with Gasteiger partial charge in [-0.25, -0.2) is 23.1 Å². The van der Waals surface area contributed by atoms with Gasteiger partial charge in [-0.3, -0.25) is 4.68 Å². The summed E-state index contributed by atoms with van der Waals surface area (Å²) in [7, 11) is 0. The van der Waals surface area contributed by atoms with Crippen LogP contribution in [0.2, 0.25) is 5.15 Å². The molecule has 0 radical (unpaired) electrons. The molecule has 9 heteroatoms. The molecule has 23 heavy (non-hydrogen) atoms. The molecule has 0 amide bonds. The third-order valence-electron chi connectivity index (χ3n) is 2.99. The summed E-state index contributed by atoms with van der Waals surface area (Å²) in [5.41, 5.74) is 1.17. The summed E-state index contributed by atoms with van der Waals surface area (Å²) in [5, 5.41) is 5.30. The summed E-state index contributed by atoms with van der Waals surface area (Å²) in [6.45, 7) is -0.663. The minimum atomic E-state index is -2.69. The zero-order chi connectivity index (χ0) is 16.4. The minimum Gasteiger partial charge on any atom is -0.470 e. The van der Waals surface area contributed by atoms with Crippen LogP contribution in [0.1, 0.15) is 5.56 Å². The Bertz CT molecular complexity index is 840. The molecule has 0 spiro atoms. The Hall–Kier alpha value is -2.35. The molecule has 0 saturated heterocycles.